The molecule has 4 nitrogen and oxygen atoms in total. The lowest BCUT2D eigenvalue weighted by molar-refractivity contribution is 0.336. The molecule has 0 bridgehead atoms. The Morgan fingerprint density at radius 2 is 2.09 bits per heavy atom. The number of benzene rings is 1. The van der Waals surface area contributed by atoms with Gasteiger partial charge in [-0.3, -0.25) is 0 Å². The van der Waals surface area contributed by atoms with Crippen molar-refractivity contribution >= 4 is 0 Å². The van der Waals surface area contributed by atoms with Crippen molar-refractivity contribution < 1.29 is 4.39 Å². The molecule has 1 fully saturated rings. The molecule has 1 heterocycles. The number of nitrogens with zero attached hydrogens (tertiary/aromatic N) is 4. The number of nitriles is 1. The van der Waals surface area contributed by atoms with Gasteiger partial charge in [0.1, 0.15) is 11.9 Å². The van der Waals surface area contributed by atoms with Crippen molar-refractivity contribution in [2.45, 2.75) is 51.5 Å². The van der Waals surface area contributed by atoms with Gasteiger partial charge in [-0.1, -0.05) is 49.5 Å². The zero-order valence-electron chi connectivity index (χ0n) is 13.2. The van der Waals surface area contributed by atoms with Gasteiger partial charge in [0, 0.05) is 0 Å². The third kappa shape index (κ3) is 3.95. The first-order chi connectivity index (χ1) is 11.3. The lowest BCUT2D eigenvalue weighted by atomic mass is 9.85. The van der Waals surface area contributed by atoms with E-state index in [1.165, 1.54) is 44.2 Å². The minimum Gasteiger partial charge on any atom is -0.244 e. The Bertz CT molecular complexity index is 695. The summed E-state index contributed by atoms with van der Waals surface area (Å²) in [5, 5.41) is 17.3. The van der Waals surface area contributed by atoms with E-state index in [0.29, 0.717) is 12.2 Å². The summed E-state index contributed by atoms with van der Waals surface area (Å²) in [6.07, 6.45) is 8.44. The van der Waals surface area contributed by atoms with Gasteiger partial charge in [0.05, 0.1) is 12.2 Å². The number of halogens is 1. The summed E-state index contributed by atoms with van der Waals surface area (Å²) >= 11 is 0. The van der Waals surface area contributed by atoms with Crippen LogP contribution in [0.3, 0.4) is 0 Å². The topological polar surface area (TPSA) is 54.5 Å². The van der Waals surface area contributed by atoms with E-state index in [1.54, 1.807) is 10.7 Å². The molecule has 5 heteroatoms. The van der Waals surface area contributed by atoms with Crippen molar-refractivity contribution in [3.8, 4) is 6.07 Å². The summed E-state index contributed by atoms with van der Waals surface area (Å²) in [6.45, 7) is 0.451. The number of hydrogen-bond donors (Lipinski definition) is 0. The van der Waals surface area contributed by atoms with Crippen molar-refractivity contribution in [2.75, 3.05) is 0 Å². The smallest absolute Gasteiger partial charge is 0.185 e. The zero-order chi connectivity index (χ0) is 16.1. The zero-order valence-corrected chi connectivity index (χ0v) is 13.2. The number of aromatic nitrogens is 3. The summed E-state index contributed by atoms with van der Waals surface area (Å²) < 4.78 is 15.1. The summed E-state index contributed by atoms with van der Waals surface area (Å²) in [4.78, 5) is 0. The highest BCUT2D eigenvalue weighted by Crippen LogP contribution is 2.27. The van der Waals surface area contributed by atoms with Crippen molar-refractivity contribution in [3.63, 3.8) is 0 Å². The van der Waals surface area contributed by atoms with Gasteiger partial charge in [0.15, 0.2) is 5.69 Å². The van der Waals surface area contributed by atoms with Gasteiger partial charge in [0.25, 0.3) is 0 Å². The molecule has 3 rings (SSSR count). The van der Waals surface area contributed by atoms with Crippen LogP contribution in [-0.4, -0.2) is 15.0 Å². The van der Waals surface area contributed by atoms with Gasteiger partial charge >= 0.3 is 0 Å². The van der Waals surface area contributed by atoms with E-state index in [4.69, 9.17) is 0 Å². The first kappa shape index (κ1) is 15.7. The first-order valence-corrected chi connectivity index (χ1v) is 8.33. The maximum Gasteiger partial charge on any atom is 0.185 e. The van der Waals surface area contributed by atoms with Gasteiger partial charge < -0.3 is 0 Å². The van der Waals surface area contributed by atoms with Crippen LogP contribution in [0.25, 0.3) is 0 Å². The fraction of sp³-hybridized carbons (Fsp3) is 0.500. The van der Waals surface area contributed by atoms with E-state index in [1.807, 2.05) is 6.07 Å². The molecule has 0 saturated heterocycles. The number of rotatable bonds is 5. The quantitative estimate of drug-likeness (QED) is 0.842. The van der Waals surface area contributed by atoms with Crippen molar-refractivity contribution in [3.05, 3.63) is 47.0 Å². The lowest BCUT2D eigenvalue weighted by Gasteiger charge is -2.21. The second-order valence-corrected chi connectivity index (χ2v) is 6.33. The second kappa shape index (κ2) is 7.36. The summed E-state index contributed by atoms with van der Waals surface area (Å²) in [6, 6.07) is 8.61. The van der Waals surface area contributed by atoms with Crippen molar-refractivity contribution in [1.29, 1.82) is 5.26 Å². The highest BCUT2D eigenvalue weighted by Gasteiger charge is 2.18. The maximum atomic E-state index is 13.3. The van der Waals surface area contributed by atoms with Crippen LogP contribution in [0.5, 0.6) is 0 Å². The first-order valence-electron chi connectivity index (χ1n) is 8.33. The monoisotopic (exact) mass is 312 g/mol. The molecule has 2 aromatic rings. The molecule has 0 N–H and O–H groups in total. The van der Waals surface area contributed by atoms with Crippen LogP contribution in [0.1, 0.15) is 55.5 Å². The highest BCUT2D eigenvalue weighted by molar-refractivity contribution is 5.26. The average molecular weight is 312 g/mol. The molecule has 0 aliphatic heterocycles. The third-order valence-electron chi connectivity index (χ3n) is 4.68. The van der Waals surface area contributed by atoms with E-state index < -0.39 is 0 Å². The van der Waals surface area contributed by atoms with Crippen LogP contribution < -0.4 is 0 Å². The normalized spacial score (nSPS) is 15.5. The predicted octanol–water partition coefficient (Wildman–Crippen LogP) is 3.85. The lowest BCUT2D eigenvalue weighted by Crippen LogP contribution is -2.11. The molecule has 1 aliphatic carbocycles. The largest absolute Gasteiger partial charge is 0.244 e. The number of hydrogen-bond acceptors (Lipinski definition) is 3. The Labute approximate surface area is 135 Å². The second-order valence-electron chi connectivity index (χ2n) is 6.33. The molecule has 1 aliphatic rings. The minimum atomic E-state index is -0.258. The van der Waals surface area contributed by atoms with Crippen LogP contribution in [0, 0.1) is 23.1 Å². The van der Waals surface area contributed by atoms with E-state index in [0.717, 1.165) is 30.0 Å². The van der Waals surface area contributed by atoms with Crippen LogP contribution in [-0.2, 0) is 13.0 Å². The van der Waals surface area contributed by atoms with E-state index >= 15 is 0 Å². The molecule has 0 amide bonds. The van der Waals surface area contributed by atoms with Crippen LogP contribution in [0.2, 0.25) is 0 Å². The van der Waals surface area contributed by atoms with E-state index in [2.05, 4.69) is 16.4 Å². The Hall–Kier alpha value is -2.22. The fourth-order valence-electron chi connectivity index (χ4n) is 3.42. The molecule has 1 saturated carbocycles. The fourth-order valence-corrected chi connectivity index (χ4v) is 3.42. The predicted molar refractivity (Wildman–Crippen MR) is 85.1 cm³/mol. The summed E-state index contributed by atoms with van der Waals surface area (Å²) in [7, 11) is 0. The van der Waals surface area contributed by atoms with Crippen LogP contribution in [0.15, 0.2) is 24.3 Å². The van der Waals surface area contributed by atoms with Crippen LogP contribution in [0.4, 0.5) is 4.39 Å². The Kier molecular flexibility index (Phi) is 5.02. The molecule has 0 unspecified atom stereocenters. The molecule has 1 aromatic carbocycles. The minimum absolute atomic E-state index is 0.258. The van der Waals surface area contributed by atoms with Crippen molar-refractivity contribution in [2.24, 2.45) is 5.92 Å². The SMILES string of the molecule is N#Cc1nnn(Cc2cccc(F)c2)c1CCC1CCCCC1. The molecule has 0 radical (unpaired) electrons. The maximum absolute atomic E-state index is 13.3. The van der Waals surface area contributed by atoms with Gasteiger partial charge in [-0.05, 0) is 36.5 Å². The molecular weight excluding hydrogens is 291 g/mol. The van der Waals surface area contributed by atoms with Crippen molar-refractivity contribution in [1.82, 2.24) is 15.0 Å². The van der Waals surface area contributed by atoms with E-state index in [-0.39, 0.29) is 5.82 Å². The average Bonchev–Trinajstić information content (AvgIpc) is 2.95. The third-order valence-corrected chi connectivity index (χ3v) is 4.68. The Morgan fingerprint density at radius 3 is 2.83 bits per heavy atom. The van der Waals surface area contributed by atoms with Gasteiger partial charge in [-0.15, -0.1) is 5.10 Å². The molecular formula is C18H21FN4. The Balaban J connectivity index is 1.73. The highest BCUT2D eigenvalue weighted by atomic mass is 19.1. The molecule has 120 valence electrons. The van der Waals surface area contributed by atoms with Gasteiger partial charge in [-0.2, -0.15) is 5.26 Å². The standard InChI is InChI=1S/C18H21FN4/c19-16-8-4-7-15(11-16)13-23-18(17(12-20)21-22-23)10-9-14-5-2-1-3-6-14/h4,7-8,11,14H,1-3,5-6,9-10,13H2. The van der Waals surface area contributed by atoms with E-state index in [9.17, 15) is 9.65 Å². The molecule has 0 atom stereocenters. The van der Waals surface area contributed by atoms with Crippen LogP contribution >= 0.6 is 0 Å². The summed E-state index contributed by atoms with van der Waals surface area (Å²) in [5.41, 5.74) is 2.11. The molecule has 1 aromatic heterocycles. The summed E-state index contributed by atoms with van der Waals surface area (Å²) in [5.74, 6) is 0.486. The molecule has 23 heavy (non-hydrogen) atoms. The van der Waals surface area contributed by atoms with Gasteiger partial charge in [-0.25, -0.2) is 9.07 Å². The molecule has 0 spiro atoms. The Morgan fingerprint density at radius 1 is 1.26 bits per heavy atom. The van der Waals surface area contributed by atoms with Gasteiger partial charge in [0.2, 0.25) is 0 Å².